The molecule has 1 atom stereocenters. The Labute approximate surface area is 116 Å². The van der Waals surface area contributed by atoms with Gasteiger partial charge in [0.2, 0.25) is 15.9 Å². The van der Waals surface area contributed by atoms with Crippen molar-refractivity contribution in [1.29, 1.82) is 0 Å². The van der Waals surface area contributed by atoms with Gasteiger partial charge in [0.1, 0.15) is 0 Å². The summed E-state index contributed by atoms with van der Waals surface area (Å²) in [4.78, 5) is 17.3. The number of aliphatic hydroxyl groups excluding tert-OH is 1. The second-order valence-electron chi connectivity index (χ2n) is 4.23. The number of nitrogens with zero attached hydrogens (tertiary/aromatic N) is 2. The van der Waals surface area contributed by atoms with Gasteiger partial charge in [0.25, 0.3) is 0 Å². The second-order valence-corrected chi connectivity index (χ2v) is 6.84. The van der Waals surface area contributed by atoms with Crippen LogP contribution in [0.1, 0.15) is 12.6 Å². The van der Waals surface area contributed by atoms with Crippen LogP contribution < -0.4 is 4.72 Å². The molecule has 0 spiro atoms. The summed E-state index contributed by atoms with van der Waals surface area (Å²) in [5.74, 6) is -0.183. The first kappa shape index (κ1) is 15.9. The van der Waals surface area contributed by atoms with Crippen LogP contribution in [-0.2, 0) is 21.2 Å². The molecule has 0 saturated carbocycles. The van der Waals surface area contributed by atoms with Gasteiger partial charge in [-0.3, -0.25) is 9.52 Å². The van der Waals surface area contributed by atoms with Gasteiger partial charge >= 0.3 is 0 Å². The van der Waals surface area contributed by atoms with Gasteiger partial charge in [0.05, 0.1) is 31.0 Å². The number of sulfonamides is 1. The molecule has 7 nitrogen and oxygen atoms in total. The zero-order valence-electron chi connectivity index (χ0n) is 11.0. The lowest BCUT2D eigenvalue weighted by molar-refractivity contribution is -0.131. The number of amides is 1. The van der Waals surface area contributed by atoms with E-state index in [4.69, 9.17) is 5.11 Å². The first-order valence-corrected chi connectivity index (χ1v) is 8.28. The number of anilines is 1. The Morgan fingerprint density at radius 1 is 1.63 bits per heavy atom. The Kier molecular flexibility index (Phi) is 5.27. The summed E-state index contributed by atoms with van der Waals surface area (Å²) in [6.45, 7) is 1.62. The highest BCUT2D eigenvalue weighted by Gasteiger charge is 2.17. The van der Waals surface area contributed by atoms with Gasteiger partial charge < -0.3 is 10.0 Å². The summed E-state index contributed by atoms with van der Waals surface area (Å²) in [5, 5.41) is 10.8. The molecule has 1 aromatic heterocycles. The van der Waals surface area contributed by atoms with Crippen molar-refractivity contribution in [1.82, 2.24) is 9.88 Å². The van der Waals surface area contributed by atoms with Crippen LogP contribution in [0, 0.1) is 0 Å². The van der Waals surface area contributed by atoms with Crippen LogP contribution in [0.2, 0.25) is 0 Å². The van der Waals surface area contributed by atoms with Gasteiger partial charge in [-0.15, -0.1) is 11.3 Å². The van der Waals surface area contributed by atoms with Gasteiger partial charge in [-0.2, -0.15) is 0 Å². The lowest BCUT2D eigenvalue weighted by atomic mass is 10.2. The fourth-order valence-electron chi connectivity index (χ4n) is 1.24. The topological polar surface area (TPSA) is 99.6 Å². The number of hydrogen-bond donors (Lipinski definition) is 2. The minimum atomic E-state index is -3.36. The van der Waals surface area contributed by atoms with Crippen molar-refractivity contribution in [2.24, 2.45) is 0 Å². The Morgan fingerprint density at radius 3 is 2.79 bits per heavy atom. The third-order valence-corrected chi connectivity index (χ3v) is 3.98. The summed E-state index contributed by atoms with van der Waals surface area (Å²) < 4.78 is 24.3. The zero-order valence-corrected chi connectivity index (χ0v) is 12.6. The third kappa shape index (κ3) is 5.13. The molecule has 2 N–H and O–H groups in total. The molecule has 9 heteroatoms. The van der Waals surface area contributed by atoms with Crippen LogP contribution in [0.15, 0.2) is 5.38 Å². The van der Waals surface area contributed by atoms with Gasteiger partial charge in [0, 0.05) is 12.4 Å². The van der Waals surface area contributed by atoms with Gasteiger partial charge in [-0.1, -0.05) is 0 Å². The Bertz CT molecular complexity index is 541. The molecule has 0 saturated heterocycles. The van der Waals surface area contributed by atoms with E-state index in [2.05, 4.69) is 9.71 Å². The quantitative estimate of drug-likeness (QED) is 0.764. The Balaban J connectivity index is 2.66. The van der Waals surface area contributed by atoms with Gasteiger partial charge in [-0.05, 0) is 6.92 Å². The van der Waals surface area contributed by atoms with E-state index in [-0.39, 0.29) is 30.1 Å². The first-order valence-electron chi connectivity index (χ1n) is 5.51. The highest BCUT2D eigenvalue weighted by molar-refractivity contribution is 7.92. The minimum Gasteiger partial charge on any atom is -0.394 e. The summed E-state index contributed by atoms with van der Waals surface area (Å²) >= 11 is 1.12. The molecule has 0 fully saturated rings. The number of thiazole rings is 1. The molecule has 1 heterocycles. The van der Waals surface area contributed by atoms with Crippen molar-refractivity contribution < 1.29 is 18.3 Å². The Morgan fingerprint density at radius 2 is 2.26 bits per heavy atom. The third-order valence-electron chi connectivity index (χ3n) is 2.48. The molecule has 108 valence electrons. The monoisotopic (exact) mass is 307 g/mol. The van der Waals surface area contributed by atoms with Crippen molar-refractivity contribution in [3.63, 3.8) is 0 Å². The molecule has 1 rings (SSSR count). The minimum absolute atomic E-state index is 0.0722. The predicted molar refractivity (Wildman–Crippen MR) is 73.6 cm³/mol. The number of carbonyl (C=O) groups is 1. The average Bonchev–Trinajstić information content (AvgIpc) is 2.71. The molecule has 1 amide bonds. The molecule has 0 aliphatic heterocycles. The predicted octanol–water partition coefficient (Wildman–Crippen LogP) is -0.104. The van der Waals surface area contributed by atoms with Crippen LogP contribution in [0.5, 0.6) is 0 Å². The molecular weight excluding hydrogens is 290 g/mol. The van der Waals surface area contributed by atoms with E-state index in [9.17, 15) is 13.2 Å². The zero-order chi connectivity index (χ0) is 14.6. The van der Waals surface area contributed by atoms with E-state index in [1.165, 1.54) is 4.90 Å². The van der Waals surface area contributed by atoms with Crippen LogP contribution in [0.3, 0.4) is 0 Å². The smallest absolute Gasteiger partial charge is 0.231 e. The van der Waals surface area contributed by atoms with Crippen molar-refractivity contribution in [2.45, 2.75) is 19.4 Å². The Hall–Kier alpha value is -1.19. The van der Waals surface area contributed by atoms with Crippen molar-refractivity contribution >= 4 is 32.4 Å². The average molecular weight is 307 g/mol. The fraction of sp³-hybridized carbons (Fsp3) is 0.600. The normalized spacial score (nSPS) is 13.1. The molecule has 0 aliphatic rings. The summed E-state index contributed by atoms with van der Waals surface area (Å²) in [6.07, 6.45) is 1.11. The number of rotatable bonds is 6. The maximum atomic E-state index is 11.8. The second kappa shape index (κ2) is 6.31. The number of aromatic nitrogens is 1. The lowest BCUT2D eigenvalue weighted by Crippen LogP contribution is -2.38. The molecule has 0 bridgehead atoms. The molecular formula is C10H17N3O4S2. The highest BCUT2D eigenvalue weighted by Crippen LogP contribution is 2.17. The largest absolute Gasteiger partial charge is 0.394 e. The summed E-state index contributed by atoms with van der Waals surface area (Å²) in [5.41, 5.74) is 0.498. The van der Waals surface area contributed by atoms with E-state index in [1.54, 1.807) is 19.4 Å². The molecule has 1 unspecified atom stereocenters. The summed E-state index contributed by atoms with van der Waals surface area (Å²) in [7, 11) is -1.75. The number of carbonyl (C=O) groups excluding carboxylic acids is 1. The molecule has 19 heavy (non-hydrogen) atoms. The maximum absolute atomic E-state index is 11.8. The lowest BCUT2D eigenvalue weighted by Gasteiger charge is -2.22. The first-order chi connectivity index (χ1) is 8.73. The molecule has 0 radical (unpaired) electrons. The standard InChI is InChI=1S/C10H17N3O4S2/c1-7(5-14)13(2)9(15)4-8-6-18-10(11-8)12-19(3,16)17/h6-7,14H,4-5H2,1-3H3,(H,11,12). The number of aliphatic hydroxyl groups is 1. The van der Waals surface area contributed by atoms with Crippen molar-refractivity contribution in [3.8, 4) is 0 Å². The van der Waals surface area contributed by atoms with Gasteiger partial charge in [0.15, 0.2) is 5.13 Å². The van der Waals surface area contributed by atoms with Crippen LogP contribution in [0.25, 0.3) is 0 Å². The molecule has 0 aromatic carbocycles. The van der Waals surface area contributed by atoms with E-state index >= 15 is 0 Å². The molecule has 1 aromatic rings. The number of hydrogen-bond acceptors (Lipinski definition) is 6. The molecule has 0 aliphatic carbocycles. The van der Waals surface area contributed by atoms with Crippen molar-refractivity contribution in [3.05, 3.63) is 11.1 Å². The number of likely N-dealkylation sites (N-methyl/N-ethyl adjacent to an activating group) is 1. The summed E-state index contributed by atoms with van der Waals surface area (Å²) in [6, 6.07) is -0.264. The van der Waals surface area contributed by atoms with E-state index in [0.29, 0.717) is 5.69 Å². The van der Waals surface area contributed by atoms with E-state index in [0.717, 1.165) is 17.6 Å². The van der Waals surface area contributed by atoms with Crippen molar-refractivity contribution in [2.75, 3.05) is 24.6 Å². The van der Waals surface area contributed by atoms with Crippen LogP contribution in [-0.4, -0.2) is 55.3 Å². The maximum Gasteiger partial charge on any atom is 0.231 e. The number of nitrogens with one attached hydrogen (secondary N) is 1. The van der Waals surface area contributed by atoms with E-state index in [1.807, 2.05) is 0 Å². The SMILES string of the molecule is CC(CO)N(C)C(=O)Cc1csc(NS(C)(=O)=O)n1. The van der Waals surface area contributed by atoms with Crippen LogP contribution >= 0.6 is 11.3 Å². The van der Waals surface area contributed by atoms with Gasteiger partial charge in [-0.25, -0.2) is 13.4 Å². The van der Waals surface area contributed by atoms with Crippen LogP contribution in [0.4, 0.5) is 5.13 Å². The fourth-order valence-corrected chi connectivity index (χ4v) is 2.80. The van der Waals surface area contributed by atoms with E-state index < -0.39 is 10.0 Å². The highest BCUT2D eigenvalue weighted by atomic mass is 32.2.